The van der Waals surface area contributed by atoms with Crippen LogP contribution in [0.2, 0.25) is 0 Å². The van der Waals surface area contributed by atoms with Gasteiger partial charge in [-0.2, -0.15) is 4.31 Å². The average molecular weight is 405 g/mol. The van der Waals surface area contributed by atoms with Crippen molar-refractivity contribution in [3.63, 3.8) is 0 Å². The molecule has 0 unspecified atom stereocenters. The maximum absolute atomic E-state index is 13.0. The summed E-state index contributed by atoms with van der Waals surface area (Å²) >= 11 is 0. The molecule has 1 aliphatic heterocycles. The first-order valence-corrected chi connectivity index (χ1v) is 10.5. The number of sulfonamides is 1. The van der Waals surface area contributed by atoms with E-state index in [2.05, 4.69) is 9.97 Å². The molecule has 0 atom stereocenters. The summed E-state index contributed by atoms with van der Waals surface area (Å²) in [6.07, 6.45) is 4.06. The molecule has 1 aromatic carbocycles. The van der Waals surface area contributed by atoms with Gasteiger partial charge in [-0.1, -0.05) is 6.92 Å². The van der Waals surface area contributed by atoms with E-state index in [0.29, 0.717) is 44.5 Å². The van der Waals surface area contributed by atoms with E-state index in [0.717, 1.165) is 6.42 Å². The van der Waals surface area contributed by atoms with Crippen molar-refractivity contribution < 1.29 is 17.9 Å². The first-order chi connectivity index (χ1) is 13.4. The zero-order valence-corrected chi connectivity index (χ0v) is 16.4. The molecule has 0 bridgehead atoms. The Morgan fingerprint density at radius 2 is 1.86 bits per heavy atom. The molecule has 2 N–H and O–H groups in total. The number of anilines is 1. The minimum absolute atomic E-state index is 0.0227. The van der Waals surface area contributed by atoms with Crippen LogP contribution < -0.4 is 15.4 Å². The highest BCUT2D eigenvalue weighted by atomic mass is 32.2. The summed E-state index contributed by atoms with van der Waals surface area (Å²) in [4.78, 5) is 22.1. The van der Waals surface area contributed by atoms with Crippen LogP contribution in [-0.4, -0.2) is 61.4 Å². The number of hydrogen-bond donors (Lipinski definition) is 1. The monoisotopic (exact) mass is 405 g/mol. The molecule has 0 saturated carbocycles. The second-order valence-corrected chi connectivity index (χ2v) is 8.25. The summed E-state index contributed by atoms with van der Waals surface area (Å²) < 4.78 is 32.9. The molecular formula is C18H23N5O4S. The highest BCUT2D eigenvalue weighted by Gasteiger charge is 2.30. The zero-order chi connectivity index (χ0) is 20.1. The maximum atomic E-state index is 13.0. The Balaban J connectivity index is 1.78. The molecule has 1 fully saturated rings. The second kappa shape index (κ2) is 8.53. The molecule has 28 heavy (non-hydrogen) atoms. The van der Waals surface area contributed by atoms with Gasteiger partial charge in [-0.15, -0.1) is 0 Å². The minimum atomic E-state index is -3.76. The number of aromatic nitrogens is 2. The van der Waals surface area contributed by atoms with Crippen molar-refractivity contribution in [1.29, 1.82) is 0 Å². The van der Waals surface area contributed by atoms with Crippen LogP contribution in [0.3, 0.4) is 0 Å². The number of ether oxygens (including phenoxy) is 1. The molecule has 1 aliphatic rings. The third-order valence-corrected chi connectivity index (χ3v) is 6.28. The summed E-state index contributed by atoms with van der Waals surface area (Å²) in [6.45, 7) is 3.88. The number of nitrogens with zero attached hydrogens (tertiary/aromatic N) is 4. The summed E-state index contributed by atoms with van der Waals surface area (Å²) in [7, 11) is -3.76. The molecule has 10 heteroatoms. The largest absolute Gasteiger partial charge is 0.493 e. The summed E-state index contributed by atoms with van der Waals surface area (Å²) in [5, 5.41) is 0. The molecule has 1 aromatic heterocycles. The summed E-state index contributed by atoms with van der Waals surface area (Å²) in [6, 6.07) is 5.94. The molecule has 3 rings (SSSR count). The number of rotatable bonds is 7. The van der Waals surface area contributed by atoms with Gasteiger partial charge in [-0.3, -0.25) is 4.79 Å². The van der Waals surface area contributed by atoms with E-state index in [1.807, 2.05) is 11.8 Å². The van der Waals surface area contributed by atoms with Crippen molar-refractivity contribution in [2.24, 2.45) is 5.73 Å². The fraction of sp³-hybridized carbons (Fsp3) is 0.389. The lowest BCUT2D eigenvalue weighted by molar-refractivity contribution is 0.0996. The molecule has 1 saturated heterocycles. The smallest absolute Gasteiger partial charge is 0.252 e. The van der Waals surface area contributed by atoms with Crippen LogP contribution in [-0.2, 0) is 10.0 Å². The van der Waals surface area contributed by atoms with E-state index >= 15 is 0 Å². The van der Waals surface area contributed by atoms with Gasteiger partial charge in [0.2, 0.25) is 16.0 Å². The van der Waals surface area contributed by atoms with Gasteiger partial charge >= 0.3 is 0 Å². The van der Waals surface area contributed by atoms with Gasteiger partial charge in [0.25, 0.3) is 5.91 Å². The number of hydrogen-bond acceptors (Lipinski definition) is 7. The topological polar surface area (TPSA) is 119 Å². The van der Waals surface area contributed by atoms with Crippen molar-refractivity contribution in [2.75, 3.05) is 37.7 Å². The van der Waals surface area contributed by atoms with Crippen molar-refractivity contribution in [2.45, 2.75) is 18.2 Å². The van der Waals surface area contributed by atoms with E-state index in [1.54, 1.807) is 18.5 Å². The summed E-state index contributed by atoms with van der Waals surface area (Å²) in [5.41, 5.74) is 5.47. The van der Waals surface area contributed by atoms with Gasteiger partial charge < -0.3 is 15.4 Å². The predicted octanol–water partition coefficient (Wildman–Crippen LogP) is 0.875. The quantitative estimate of drug-likeness (QED) is 0.726. The zero-order valence-electron chi connectivity index (χ0n) is 15.6. The van der Waals surface area contributed by atoms with Crippen LogP contribution in [0, 0.1) is 0 Å². The van der Waals surface area contributed by atoms with E-state index in [4.69, 9.17) is 10.5 Å². The van der Waals surface area contributed by atoms with Gasteiger partial charge in [0.15, 0.2) is 0 Å². The first kappa shape index (κ1) is 20.0. The molecule has 0 spiro atoms. The lowest BCUT2D eigenvalue weighted by Gasteiger charge is -2.33. The average Bonchev–Trinajstić information content (AvgIpc) is 2.72. The summed E-state index contributed by atoms with van der Waals surface area (Å²) in [5.74, 6) is 0.140. The molecule has 1 amide bonds. The fourth-order valence-corrected chi connectivity index (χ4v) is 4.38. The molecule has 0 aliphatic carbocycles. The van der Waals surface area contributed by atoms with Crippen molar-refractivity contribution in [3.8, 4) is 5.75 Å². The number of benzene rings is 1. The van der Waals surface area contributed by atoms with Gasteiger partial charge in [0, 0.05) is 38.6 Å². The third-order valence-electron chi connectivity index (χ3n) is 4.39. The Morgan fingerprint density at radius 3 is 2.46 bits per heavy atom. The Kier molecular flexibility index (Phi) is 6.10. The highest BCUT2D eigenvalue weighted by molar-refractivity contribution is 7.89. The Morgan fingerprint density at radius 1 is 1.18 bits per heavy atom. The first-order valence-electron chi connectivity index (χ1n) is 9.02. The molecule has 9 nitrogen and oxygen atoms in total. The van der Waals surface area contributed by atoms with Crippen LogP contribution >= 0.6 is 0 Å². The Labute approximate surface area is 164 Å². The third kappa shape index (κ3) is 4.23. The van der Waals surface area contributed by atoms with Crippen LogP contribution in [0.4, 0.5) is 5.95 Å². The number of carbonyl (C=O) groups is 1. The van der Waals surface area contributed by atoms with Crippen LogP contribution in [0.25, 0.3) is 0 Å². The second-order valence-electron chi connectivity index (χ2n) is 6.31. The van der Waals surface area contributed by atoms with Crippen LogP contribution in [0.1, 0.15) is 23.7 Å². The van der Waals surface area contributed by atoms with Gasteiger partial charge in [-0.25, -0.2) is 18.4 Å². The molecular weight excluding hydrogens is 382 g/mol. The number of carbonyl (C=O) groups excluding carboxylic acids is 1. The maximum Gasteiger partial charge on any atom is 0.252 e. The molecule has 150 valence electrons. The normalized spacial score (nSPS) is 15.4. The van der Waals surface area contributed by atoms with Gasteiger partial charge in [0.05, 0.1) is 17.1 Å². The van der Waals surface area contributed by atoms with E-state index in [-0.39, 0.29) is 10.5 Å². The van der Waals surface area contributed by atoms with Gasteiger partial charge in [-0.05, 0) is 30.7 Å². The van der Waals surface area contributed by atoms with Gasteiger partial charge in [0.1, 0.15) is 5.75 Å². The Hall–Kier alpha value is -2.72. The Bertz CT molecular complexity index is 928. The number of amides is 1. The van der Waals surface area contributed by atoms with Crippen molar-refractivity contribution >= 4 is 21.9 Å². The van der Waals surface area contributed by atoms with E-state index < -0.39 is 15.9 Å². The SMILES string of the molecule is CCCOc1ccc(S(=O)(=O)N2CCN(c3ncccn3)CC2)cc1C(N)=O. The van der Waals surface area contributed by atoms with Crippen LogP contribution in [0.5, 0.6) is 5.75 Å². The van der Waals surface area contributed by atoms with Crippen molar-refractivity contribution in [3.05, 3.63) is 42.2 Å². The number of piperazine rings is 1. The minimum Gasteiger partial charge on any atom is -0.493 e. The lowest BCUT2D eigenvalue weighted by Crippen LogP contribution is -2.49. The highest BCUT2D eigenvalue weighted by Crippen LogP contribution is 2.25. The van der Waals surface area contributed by atoms with E-state index in [1.165, 1.54) is 22.5 Å². The number of nitrogens with two attached hydrogens (primary N) is 1. The molecule has 2 heterocycles. The molecule has 0 radical (unpaired) electrons. The fourth-order valence-electron chi connectivity index (χ4n) is 2.93. The van der Waals surface area contributed by atoms with Crippen LogP contribution in [0.15, 0.2) is 41.6 Å². The predicted molar refractivity (Wildman–Crippen MR) is 104 cm³/mol. The standard InChI is InChI=1S/C18H23N5O4S/c1-2-12-27-16-5-4-14(13-15(16)17(19)24)28(25,26)23-10-8-22(9-11-23)18-20-6-3-7-21-18/h3-7,13H,2,8-12H2,1H3,(H2,19,24). The number of primary amides is 1. The van der Waals surface area contributed by atoms with Crippen molar-refractivity contribution in [1.82, 2.24) is 14.3 Å². The molecule has 2 aromatic rings. The van der Waals surface area contributed by atoms with E-state index in [9.17, 15) is 13.2 Å². The lowest BCUT2D eigenvalue weighted by atomic mass is 10.2.